The van der Waals surface area contributed by atoms with E-state index < -0.39 is 10.1 Å². The molecule has 0 fully saturated rings. The van der Waals surface area contributed by atoms with Crippen molar-refractivity contribution in [1.29, 1.82) is 0 Å². The molecule has 8 heteroatoms. The number of nitrogens with two attached hydrogens (primary N) is 2. The maximum atomic E-state index is 11.0. The van der Waals surface area contributed by atoms with Gasteiger partial charge < -0.3 is 11.5 Å². The second-order valence-electron chi connectivity index (χ2n) is 4.44. The molecule has 2 aromatic rings. The van der Waals surface area contributed by atoms with Crippen LogP contribution in [0.1, 0.15) is 5.56 Å². The average Bonchev–Trinajstić information content (AvgIpc) is 2.38. The standard InChI is InChI=1S/C13H14N4O3S/c1-8-6-10(21(18,19)20)3-5-12(8)16-17-13-4-2-9(14)7-11(13)15/h2-7H,14-15H2,1H3,(H,18,19,20). The second kappa shape index (κ2) is 5.51. The van der Waals surface area contributed by atoms with Gasteiger partial charge in [0.1, 0.15) is 5.69 Å². The summed E-state index contributed by atoms with van der Waals surface area (Å²) in [7, 11) is -4.23. The van der Waals surface area contributed by atoms with Gasteiger partial charge in [-0.25, -0.2) is 0 Å². The lowest BCUT2D eigenvalue weighted by atomic mass is 10.2. The van der Waals surface area contributed by atoms with Crippen molar-refractivity contribution in [2.45, 2.75) is 11.8 Å². The number of nitrogen functional groups attached to an aromatic ring is 2. The molecule has 7 nitrogen and oxygen atoms in total. The SMILES string of the molecule is Cc1cc(S(=O)(=O)O)ccc1N=Nc1ccc(N)cc1N. The van der Waals surface area contributed by atoms with Crippen molar-refractivity contribution in [2.75, 3.05) is 11.5 Å². The van der Waals surface area contributed by atoms with Gasteiger partial charge in [0.15, 0.2) is 0 Å². The fourth-order valence-electron chi connectivity index (χ4n) is 1.67. The van der Waals surface area contributed by atoms with E-state index in [1.807, 2.05) is 0 Å². The number of rotatable bonds is 3. The van der Waals surface area contributed by atoms with Crippen LogP contribution in [0.15, 0.2) is 51.5 Å². The lowest BCUT2D eigenvalue weighted by molar-refractivity contribution is 0.483. The minimum atomic E-state index is -4.23. The molecule has 0 aliphatic heterocycles. The number of nitrogens with zero attached hydrogens (tertiary/aromatic N) is 2. The smallest absolute Gasteiger partial charge is 0.294 e. The molecule has 110 valence electrons. The number of azo groups is 1. The molecule has 5 N–H and O–H groups in total. The molecule has 0 aromatic heterocycles. The molecule has 0 saturated carbocycles. The molecule has 0 atom stereocenters. The van der Waals surface area contributed by atoms with Crippen LogP contribution in [0.2, 0.25) is 0 Å². The molecule has 0 aliphatic carbocycles. The zero-order valence-electron chi connectivity index (χ0n) is 11.2. The number of anilines is 2. The zero-order valence-corrected chi connectivity index (χ0v) is 12.0. The minimum absolute atomic E-state index is 0.189. The Morgan fingerprint density at radius 2 is 1.62 bits per heavy atom. The first kappa shape index (κ1) is 14.9. The molecule has 0 saturated heterocycles. The van der Waals surface area contributed by atoms with Crippen LogP contribution in [0, 0.1) is 6.92 Å². The molecule has 0 amide bonds. The van der Waals surface area contributed by atoms with E-state index in [2.05, 4.69) is 10.2 Å². The van der Waals surface area contributed by atoms with Crippen LogP contribution in [-0.2, 0) is 10.1 Å². The third-order valence-electron chi connectivity index (χ3n) is 2.78. The van der Waals surface area contributed by atoms with Gasteiger partial charge in [0.2, 0.25) is 0 Å². The Morgan fingerprint density at radius 3 is 2.19 bits per heavy atom. The molecule has 0 heterocycles. The van der Waals surface area contributed by atoms with E-state index in [-0.39, 0.29) is 4.90 Å². The fourth-order valence-corrected chi connectivity index (χ4v) is 2.24. The van der Waals surface area contributed by atoms with E-state index in [1.54, 1.807) is 25.1 Å². The molecular weight excluding hydrogens is 292 g/mol. The van der Waals surface area contributed by atoms with Gasteiger partial charge in [0, 0.05) is 5.69 Å². The van der Waals surface area contributed by atoms with Crippen LogP contribution in [-0.4, -0.2) is 13.0 Å². The molecule has 0 bridgehead atoms. The Bertz CT molecular complexity index is 816. The van der Waals surface area contributed by atoms with Crippen LogP contribution in [0.25, 0.3) is 0 Å². The van der Waals surface area contributed by atoms with Crippen molar-refractivity contribution in [3.63, 3.8) is 0 Å². The lowest BCUT2D eigenvalue weighted by Gasteiger charge is -2.03. The van der Waals surface area contributed by atoms with Crippen molar-refractivity contribution in [3.8, 4) is 0 Å². The van der Waals surface area contributed by atoms with E-state index >= 15 is 0 Å². The summed E-state index contributed by atoms with van der Waals surface area (Å²) < 4.78 is 31.0. The number of hydrogen-bond donors (Lipinski definition) is 3. The van der Waals surface area contributed by atoms with Crippen molar-refractivity contribution in [2.24, 2.45) is 10.2 Å². The van der Waals surface area contributed by atoms with Crippen LogP contribution in [0.5, 0.6) is 0 Å². The second-order valence-corrected chi connectivity index (χ2v) is 5.86. The highest BCUT2D eigenvalue weighted by Crippen LogP contribution is 2.28. The van der Waals surface area contributed by atoms with E-state index in [9.17, 15) is 8.42 Å². The molecule has 0 unspecified atom stereocenters. The first-order valence-corrected chi connectivity index (χ1v) is 7.36. The first-order chi connectivity index (χ1) is 9.77. The summed E-state index contributed by atoms with van der Waals surface area (Å²) in [6.45, 7) is 1.66. The van der Waals surface area contributed by atoms with Gasteiger partial charge in [-0.15, -0.1) is 5.11 Å². The van der Waals surface area contributed by atoms with Crippen LogP contribution < -0.4 is 11.5 Å². The predicted molar refractivity (Wildman–Crippen MR) is 80.4 cm³/mol. The quantitative estimate of drug-likeness (QED) is 0.456. The maximum Gasteiger partial charge on any atom is 0.294 e. The normalized spacial score (nSPS) is 11.9. The minimum Gasteiger partial charge on any atom is -0.399 e. The monoisotopic (exact) mass is 306 g/mol. The van der Waals surface area contributed by atoms with E-state index in [0.29, 0.717) is 28.3 Å². The Kier molecular flexibility index (Phi) is 3.92. The lowest BCUT2D eigenvalue weighted by Crippen LogP contribution is -1.97. The van der Waals surface area contributed by atoms with Gasteiger partial charge in [-0.3, -0.25) is 4.55 Å². The van der Waals surface area contributed by atoms with Crippen molar-refractivity contribution < 1.29 is 13.0 Å². The highest BCUT2D eigenvalue weighted by Gasteiger charge is 2.10. The van der Waals surface area contributed by atoms with Gasteiger partial charge in [0.25, 0.3) is 10.1 Å². The summed E-state index contributed by atoms with van der Waals surface area (Å²) in [5, 5.41) is 8.02. The van der Waals surface area contributed by atoms with Gasteiger partial charge in [-0.2, -0.15) is 13.5 Å². The molecule has 0 aliphatic rings. The average molecular weight is 306 g/mol. The highest BCUT2D eigenvalue weighted by molar-refractivity contribution is 7.85. The van der Waals surface area contributed by atoms with E-state index in [0.717, 1.165) is 0 Å². The summed E-state index contributed by atoms with van der Waals surface area (Å²) in [5.74, 6) is 0. The first-order valence-electron chi connectivity index (χ1n) is 5.92. The Hall–Kier alpha value is -2.45. The zero-order chi connectivity index (χ0) is 15.6. The molecular formula is C13H14N4O3S. The molecule has 0 spiro atoms. The topological polar surface area (TPSA) is 131 Å². The summed E-state index contributed by atoms with van der Waals surface area (Å²) in [4.78, 5) is -0.189. The van der Waals surface area contributed by atoms with Crippen LogP contribution >= 0.6 is 0 Å². The maximum absolute atomic E-state index is 11.0. The van der Waals surface area contributed by atoms with Crippen LogP contribution in [0.3, 0.4) is 0 Å². The molecule has 21 heavy (non-hydrogen) atoms. The Labute approximate surface area is 122 Å². The third-order valence-corrected chi connectivity index (χ3v) is 3.63. The molecule has 2 rings (SSSR count). The van der Waals surface area contributed by atoms with Crippen molar-refractivity contribution >= 4 is 32.9 Å². The van der Waals surface area contributed by atoms with Gasteiger partial charge in [-0.1, -0.05) is 0 Å². The summed E-state index contributed by atoms with van der Waals surface area (Å²) >= 11 is 0. The molecule has 2 aromatic carbocycles. The predicted octanol–water partition coefficient (Wildman–Crippen LogP) is 2.82. The Balaban J connectivity index is 2.34. The summed E-state index contributed by atoms with van der Waals surface area (Å²) in [6.07, 6.45) is 0. The van der Waals surface area contributed by atoms with Crippen molar-refractivity contribution in [3.05, 3.63) is 42.0 Å². The number of benzene rings is 2. The largest absolute Gasteiger partial charge is 0.399 e. The van der Waals surface area contributed by atoms with E-state index in [4.69, 9.17) is 16.0 Å². The van der Waals surface area contributed by atoms with Crippen LogP contribution in [0.4, 0.5) is 22.7 Å². The number of hydrogen-bond acceptors (Lipinski definition) is 6. The summed E-state index contributed by atoms with van der Waals surface area (Å²) in [6, 6.07) is 8.88. The van der Waals surface area contributed by atoms with E-state index in [1.165, 1.54) is 18.2 Å². The van der Waals surface area contributed by atoms with Gasteiger partial charge >= 0.3 is 0 Å². The van der Waals surface area contributed by atoms with Gasteiger partial charge in [-0.05, 0) is 48.9 Å². The highest BCUT2D eigenvalue weighted by atomic mass is 32.2. The summed E-state index contributed by atoms with van der Waals surface area (Å²) in [5.41, 5.74) is 13.8. The Morgan fingerprint density at radius 1 is 1.00 bits per heavy atom. The number of aryl methyl sites for hydroxylation is 1. The van der Waals surface area contributed by atoms with Crippen molar-refractivity contribution in [1.82, 2.24) is 0 Å². The molecule has 0 radical (unpaired) electrons. The fraction of sp³-hybridized carbons (Fsp3) is 0.0769. The third kappa shape index (κ3) is 3.56. The van der Waals surface area contributed by atoms with Gasteiger partial charge in [0.05, 0.1) is 16.3 Å².